The zero-order valence-electron chi connectivity index (χ0n) is 21.4. The molecule has 1 unspecified atom stereocenters. The maximum absolute atomic E-state index is 13.4. The molecule has 200 valence electrons. The highest BCUT2D eigenvalue weighted by Gasteiger charge is 2.73. The zero-order valence-corrected chi connectivity index (χ0v) is 22.9. The number of aliphatic hydroxyl groups is 1. The van der Waals surface area contributed by atoms with Gasteiger partial charge in [-0.25, -0.2) is 0 Å². The number of aromatic hydroxyl groups is 1. The molecule has 0 aromatic heterocycles. The second-order valence-electron chi connectivity index (χ2n) is 11.9. The Balaban J connectivity index is 1.23. The van der Waals surface area contributed by atoms with E-state index in [9.17, 15) is 15.0 Å². The SMILES string of the molecule is CN(C(=O)/C=C/c1ccc(Cl)c(Cl)c1)[C@H]1CCC2(O)[C@H]3Cc4ccc(O)c5c4[C@@]2(CCN3CC2CC2)[C@H]1O5. The summed E-state index contributed by atoms with van der Waals surface area (Å²) in [5, 5.41) is 24.3. The Hall–Kier alpha value is -2.25. The lowest BCUT2D eigenvalue weighted by molar-refractivity contribution is -0.200. The predicted molar refractivity (Wildman–Crippen MR) is 147 cm³/mol. The number of likely N-dealkylation sites (N-methyl/N-ethyl adjacent to an activating group) is 1. The van der Waals surface area contributed by atoms with Gasteiger partial charge in [0.05, 0.1) is 27.1 Å². The zero-order chi connectivity index (χ0) is 26.4. The molecule has 1 amide bonds. The highest BCUT2D eigenvalue weighted by atomic mass is 35.5. The third-order valence-electron chi connectivity index (χ3n) is 9.94. The van der Waals surface area contributed by atoms with Crippen molar-refractivity contribution >= 4 is 35.2 Å². The van der Waals surface area contributed by atoms with Crippen molar-refractivity contribution in [2.75, 3.05) is 20.1 Å². The van der Waals surface area contributed by atoms with E-state index in [2.05, 4.69) is 4.90 Å². The van der Waals surface area contributed by atoms with E-state index in [-0.39, 0.29) is 23.7 Å². The maximum atomic E-state index is 13.4. The Morgan fingerprint density at radius 2 is 2.00 bits per heavy atom. The Morgan fingerprint density at radius 1 is 1.18 bits per heavy atom. The van der Waals surface area contributed by atoms with Crippen LogP contribution in [-0.4, -0.2) is 69.8 Å². The monoisotopic (exact) mass is 554 g/mol. The first-order valence-electron chi connectivity index (χ1n) is 13.6. The van der Waals surface area contributed by atoms with Gasteiger partial charge in [-0.15, -0.1) is 0 Å². The van der Waals surface area contributed by atoms with Crippen molar-refractivity contribution in [3.8, 4) is 11.5 Å². The number of piperidine rings is 1. The fraction of sp³-hybridized carbons (Fsp3) is 0.500. The molecule has 2 aliphatic heterocycles. The minimum atomic E-state index is -0.965. The summed E-state index contributed by atoms with van der Waals surface area (Å²) in [6.07, 6.45) is 8.13. The molecule has 7 rings (SSSR count). The van der Waals surface area contributed by atoms with Gasteiger partial charge in [-0.1, -0.05) is 35.3 Å². The van der Waals surface area contributed by atoms with Gasteiger partial charge >= 0.3 is 0 Å². The maximum Gasteiger partial charge on any atom is 0.246 e. The fourth-order valence-corrected chi connectivity index (χ4v) is 8.22. The third kappa shape index (κ3) is 3.43. The van der Waals surface area contributed by atoms with Crippen LogP contribution in [0.3, 0.4) is 0 Å². The highest BCUT2D eigenvalue weighted by Crippen LogP contribution is 2.66. The van der Waals surface area contributed by atoms with Crippen molar-refractivity contribution in [2.24, 2.45) is 5.92 Å². The third-order valence-corrected chi connectivity index (χ3v) is 10.7. The molecule has 2 heterocycles. The topological polar surface area (TPSA) is 73.2 Å². The lowest BCUT2D eigenvalue weighted by Gasteiger charge is -2.64. The van der Waals surface area contributed by atoms with Gasteiger partial charge in [0.15, 0.2) is 11.5 Å². The van der Waals surface area contributed by atoms with E-state index in [1.807, 2.05) is 19.2 Å². The number of hydrogen-bond acceptors (Lipinski definition) is 5. The summed E-state index contributed by atoms with van der Waals surface area (Å²) in [6, 6.07) is 8.76. The van der Waals surface area contributed by atoms with Gasteiger partial charge in [0.1, 0.15) is 6.10 Å². The average molecular weight is 556 g/mol. The number of halogens is 2. The molecule has 5 atom stereocenters. The highest BCUT2D eigenvalue weighted by molar-refractivity contribution is 6.42. The number of hydrogen-bond donors (Lipinski definition) is 2. The number of rotatable bonds is 5. The lowest BCUT2D eigenvalue weighted by atomic mass is 9.48. The van der Waals surface area contributed by atoms with E-state index >= 15 is 0 Å². The van der Waals surface area contributed by atoms with Gasteiger partial charge in [0.2, 0.25) is 5.91 Å². The Kier molecular flexibility index (Phi) is 5.62. The fourth-order valence-electron chi connectivity index (χ4n) is 7.92. The van der Waals surface area contributed by atoms with Crippen molar-refractivity contribution < 1.29 is 19.7 Å². The van der Waals surface area contributed by atoms with Crippen LogP contribution in [0.2, 0.25) is 10.0 Å². The molecule has 1 spiro atoms. The molecular weight excluding hydrogens is 523 g/mol. The van der Waals surface area contributed by atoms with Crippen LogP contribution < -0.4 is 4.74 Å². The molecule has 38 heavy (non-hydrogen) atoms. The first-order valence-corrected chi connectivity index (χ1v) is 14.4. The van der Waals surface area contributed by atoms with Crippen molar-refractivity contribution in [1.82, 2.24) is 9.80 Å². The van der Waals surface area contributed by atoms with Gasteiger partial charge in [-0.05, 0) is 86.4 Å². The summed E-state index contributed by atoms with van der Waals surface area (Å²) in [5.74, 6) is 1.20. The van der Waals surface area contributed by atoms with Gasteiger partial charge in [-0.3, -0.25) is 9.69 Å². The average Bonchev–Trinajstić information content (AvgIpc) is 3.64. The van der Waals surface area contributed by atoms with Crippen LogP contribution >= 0.6 is 23.2 Å². The molecule has 2 saturated carbocycles. The molecule has 8 heteroatoms. The lowest BCUT2D eigenvalue weighted by Crippen LogP contribution is -2.78. The molecule has 3 aliphatic carbocycles. The molecule has 2 aromatic rings. The second-order valence-corrected chi connectivity index (χ2v) is 12.7. The van der Waals surface area contributed by atoms with Crippen molar-refractivity contribution in [2.45, 2.75) is 67.7 Å². The number of likely N-dealkylation sites (tertiary alicyclic amines) is 1. The van der Waals surface area contributed by atoms with Crippen molar-refractivity contribution in [3.63, 3.8) is 0 Å². The molecule has 0 radical (unpaired) electrons. The van der Waals surface area contributed by atoms with Crippen LogP contribution in [0.4, 0.5) is 0 Å². The number of ether oxygens (including phenoxy) is 1. The number of carbonyl (C=O) groups excluding carboxylic acids is 1. The minimum absolute atomic E-state index is 0.0162. The quantitative estimate of drug-likeness (QED) is 0.519. The van der Waals surface area contributed by atoms with Crippen LogP contribution in [0.15, 0.2) is 36.4 Å². The minimum Gasteiger partial charge on any atom is -0.504 e. The molecule has 2 bridgehead atoms. The van der Waals surface area contributed by atoms with Gasteiger partial charge < -0.3 is 19.8 Å². The second kappa shape index (κ2) is 8.62. The van der Waals surface area contributed by atoms with Gasteiger partial charge in [0.25, 0.3) is 0 Å². The Bertz CT molecular complexity index is 1360. The first kappa shape index (κ1) is 24.8. The summed E-state index contributed by atoms with van der Waals surface area (Å²) in [4.78, 5) is 17.7. The first-order chi connectivity index (χ1) is 18.2. The normalized spacial score (nSPS) is 33.2. The van der Waals surface area contributed by atoms with Crippen LogP contribution in [0.1, 0.15) is 48.8 Å². The van der Waals surface area contributed by atoms with Gasteiger partial charge in [0, 0.05) is 31.3 Å². The van der Waals surface area contributed by atoms with Crippen LogP contribution in [0.25, 0.3) is 6.08 Å². The van der Waals surface area contributed by atoms with E-state index in [1.54, 1.807) is 35.3 Å². The number of nitrogens with zero attached hydrogens (tertiary/aromatic N) is 2. The van der Waals surface area contributed by atoms with Crippen LogP contribution in [0, 0.1) is 5.92 Å². The largest absolute Gasteiger partial charge is 0.504 e. The van der Waals surface area contributed by atoms with E-state index in [4.69, 9.17) is 27.9 Å². The number of phenolic OH excluding ortho intramolecular Hbond substituents is 1. The summed E-state index contributed by atoms with van der Waals surface area (Å²) in [5.41, 5.74) is 1.31. The smallest absolute Gasteiger partial charge is 0.246 e. The standard InChI is InChI=1S/C30H32Cl2N2O4/c1-33(25(36)9-5-17-4-7-20(31)21(32)14-17)22-10-11-30(37)24-15-19-6-8-23(35)27-26(19)29(30,28(22)38-27)12-13-34(24)16-18-2-3-18/h4-9,14,18,22,24,28,35,37H,2-3,10-13,15-16H2,1H3/b9-5+/t22-,24+,28-,29-,30?/m0/s1. The molecule has 1 saturated heterocycles. The molecule has 2 N–H and O–H groups in total. The Labute approximate surface area is 232 Å². The van der Waals surface area contributed by atoms with Crippen molar-refractivity contribution in [3.05, 3.63) is 63.1 Å². The summed E-state index contributed by atoms with van der Waals surface area (Å²) < 4.78 is 6.60. The molecule has 3 fully saturated rings. The molecule has 5 aliphatic rings. The van der Waals surface area contributed by atoms with E-state index in [0.29, 0.717) is 28.6 Å². The summed E-state index contributed by atoms with van der Waals surface area (Å²) in [7, 11) is 1.81. The molecular formula is C30H32Cl2N2O4. The van der Waals surface area contributed by atoms with E-state index in [1.165, 1.54) is 12.8 Å². The number of amides is 1. The number of benzene rings is 2. The summed E-state index contributed by atoms with van der Waals surface area (Å²) in [6.45, 7) is 1.93. The molecule has 2 aromatic carbocycles. The number of carbonyl (C=O) groups is 1. The van der Waals surface area contributed by atoms with E-state index in [0.717, 1.165) is 48.5 Å². The Morgan fingerprint density at radius 3 is 2.76 bits per heavy atom. The predicted octanol–water partition coefficient (Wildman–Crippen LogP) is 4.80. The number of phenols is 1. The van der Waals surface area contributed by atoms with Crippen LogP contribution in [0.5, 0.6) is 11.5 Å². The van der Waals surface area contributed by atoms with E-state index < -0.39 is 17.1 Å². The summed E-state index contributed by atoms with van der Waals surface area (Å²) >= 11 is 12.2. The van der Waals surface area contributed by atoms with Gasteiger partial charge in [-0.2, -0.15) is 0 Å². The van der Waals surface area contributed by atoms with Crippen molar-refractivity contribution in [1.29, 1.82) is 0 Å². The molecule has 6 nitrogen and oxygen atoms in total. The van der Waals surface area contributed by atoms with Crippen LogP contribution in [-0.2, 0) is 16.6 Å².